The van der Waals surface area contributed by atoms with Gasteiger partial charge in [-0.25, -0.2) is 9.59 Å². The molecule has 0 spiro atoms. The van der Waals surface area contributed by atoms with E-state index in [2.05, 4.69) is 4.74 Å². The minimum absolute atomic E-state index is 0.461. The molecule has 0 fully saturated rings. The number of ether oxygens (including phenoxy) is 1. The van der Waals surface area contributed by atoms with Crippen LogP contribution in [-0.4, -0.2) is 21.8 Å². The molecule has 2 N–H and O–H groups in total. The first-order valence-electron chi connectivity index (χ1n) is 3.36. The molecule has 0 atom stereocenters. The smallest absolute Gasteiger partial charge is 0.450 e. The summed E-state index contributed by atoms with van der Waals surface area (Å²) in [6, 6.07) is 8.65. The van der Waals surface area contributed by atoms with Gasteiger partial charge in [-0.1, -0.05) is 18.2 Å². The average Bonchev–Trinajstić information content (AvgIpc) is 2.03. The molecule has 0 heterocycles. The van der Waals surface area contributed by atoms with Crippen LogP contribution < -0.4 is 4.74 Å². The summed E-state index contributed by atoms with van der Waals surface area (Å²) in [5.41, 5.74) is -0.814. The van der Waals surface area contributed by atoms with Gasteiger partial charge in [0, 0.05) is 11.6 Å². The van der Waals surface area contributed by atoms with Crippen molar-refractivity contribution in [3.8, 4) is 5.75 Å². The zero-order valence-corrected chi connectivity index (χ0v) is 7.64. The second-order valence-corrected chi connectivity index (χ2v) is 2.24. The van der Waals surface area contributed by atoms with Crippen LogP contribution in [0.1, 0.15) is 0 Å². The maximum atomic E-state index is 10.2. The number of carbonyl (C=O) groups excluding carboxylic acids is 1. The average molecular weight is 219 g/mol. The molecule has 0 saturated heterocycles. The van der Waals surface area contributed by atoms with Crippen LogP contribution in [0.4, 0.5) is 9.59 Å². The van der Waals surface area contributed by atoms with Gasteiger partial charge < -0.3 is 14.9 Å². The van der Waals surface area contributed by atoms with Crippen molar-refractivity contribution in [2.75, 3.05) is 0 Å². The molecule has 0 radical (unpaired) electrons. The molecule has 0 aliphatic heterocycles. The minimum atomic E-state index is -1.83. The highest BCUT2D eigenvalue weighted by atomic mass is 35.5. The maximum Gasteiger partial charge on any atom is 0.503 e. The van der Waals surface area contributed by atoms with E-state index in [9.17, 15) is 4.79 Å². The lowest BCUT2D eigenvalue weighted by atomic mass is 10.3. The van der Waals surface area contributed by atoms with Crippen LogP contribution in [0.2, 0.25) is 0 Å². The van der Waals surface area contributed by atoms with E-state index in [1.165, 1.54) is 0 Å². The van der Waals surface area contributed by atoms with E-state index in [0.717, 1.165) is 0 Å². The van der Waals surface area contributed by atoms with Crippen molar-refractivity contribution in [1.82, 2.24) is 0 Å². The first-order valence-corrected chi connectivity index (χ1v) is 3.74. The Labute approximate surface area is 84.5 Å². The molecule has 14 heavy (non-hydrogen) atoms. The Morgan fingerprint density at radius 2 is 1.57 bits per heavy atom. The Bertz CT molecular complexity index is 294. The number of halogens is 1. The van der Waals surface area contributed by atoms with Gasteiger partial charge in [-0.15, -0.1) is 0 Å². The highest BCUT2D eigenvalue weighted by molar-refractivity contribution is 6.61. The molecule has 0 aliphatic rings. The van der Waals surface area contributed by atoms with E-state index in [1.807, 2.05) is 6.07 Å². The standard InChI is InChI=1S/C7H5ClO2.CH2O3/c8-7(9)10-6-4-2-1-3-5-6;2-1(3)4/h1-5H;(H2,2,3,4). The predicted octanol–water partition coefficient (Wildman–Crippen LogP) is 2.65. The highest BCUT2D eigenvalue weighted by Crippen LogP contribution is 2.09. The summed E-state index contributed by atoms with van der Waals surface area (Å²) in [5, 5.41) is 13.9. The van der Waals surface area contributed by atoms with Crippen LogP contribution in [-0.2, 0) is 0 Å². The number of benzene rings is 1. The van der Waals surface area contributed by atoms with Crippen molar-refractivity contribution < 1.29 is 24.5 Å². The van der Waals surface area contributed by atoms with Crippen LogP contribution in [0.25, 0.3) is 0 Å². The number of hydrogen-bond acceptors (Lipinski definition) is 3. The third-order valence-corrected chi connectivity index (χ3v) is 1.02. The van der Waals surface area contributed by atoms with E-state index in [-0.39, 0.29) is 0 Å². The van der Waals surface area contributed by atoms with Gasteiger partial charge in [0.25, 0.3) is 0 Å². The van der Waals surface area contributed by atoms with Crippen LogP contribution in [0.15, 0.2) is 30.3 Å². The fourth-order valence-corrected chi connectivity index (χ4v) is 0.670. The molecule has 5 nitrogen and oxygen atoms in total. The topological polar surface area (TPSA) is 83.8 Å². The van der Waals surface area contributed by atoms with E-state index >= 15 is 0 Å². The van der Waals surface area contributed by atoms with Gasteiger partial charge in [0.15, 0.2) is 0 Å². The largest absolute Gasteiger partial charge is 0.503 e. The van der Waals surface area contributed by atoms with Crippen LogP contribution >= 0.6 is 11.6 Å². The van der Waals surface area contributed by atoms with Crippen molar-refractivity contribution in [3.63, 3.8) is 0 Å². The highest BCUT2D eigenvalue weighted by Gasteiger charge is 1.95. The molecule has 0 aliphatic carbocycles. The summed E-state index contributed by atoms with van der Waals surface area (Å²) in [6.45, 7) is 0. The Morgan fingerprint density at radius 3 is 1.93 bits per heavy atom. The number of carboxylic acid groups (broad SMARTS) is 2. The summed E-state index contributed by atoms with van der Waals surface area (Å²) in [6.07, 6.45) is -1.83. The van der Waals surface area contributed by atoms with Crippen molar-refractivity contribution in [3.05, 3.63) is 30.3 Å². The molecule has 1 aromatic carbocycles. The summed E-state index contributed by atoms with van der Waals surface area (Å²) in [4.78, 5) is 18.7. The number of carbonyl (C=O) groups is 2. The lowest BCUT2D eigenvalue weighted by Crippen LogP contribution is -1.94. The van der Waals surface area contributed by atoms with Gasteiger partial charge in [0.05, 0.1) is 0 Å². The van der Waals surface area contributed by atoms with E-state index in [1.54, 1.807) is 24.3 Å². The van der Waals surface area contributed by atoms with Crippen molar-refractivity contribution >= 4 is 23.2 Å². The predicted molar refractivity (Wildman–Crippen MR) is 49.0 cm³/mol. The summed E-state index contributed by atoms with van der Waals surface area (Å²) < 4.78 is 4.54. The third-order valence-electron chi connectivity index (χ3n) is 0.941. The van der Waals surface area contributed by atoms with Crippen LogP contribution in [0.5, 0.6) is 5.75 Å². The molecule has 0 bridgehead atoms. The molecular formula is C8H7ClO5. The number of para-hydroxylation sites is 1. The minimum Gasteiger partial charge on any atom is -0.450 e. The fourth-order valence-electron chi connectivity index (χ4n) is 0.581. The lowest BCUT2D eigenvalue weighted by molar-refractivity contribution is 0.137. The molecule has 0 aromatic heterocycles. The molecule has 1 aromatic rings. The number of hydrogen-bond donors (Lipinski definition) is 2. The third kappa shape index (κ3) is 8.35. The van der Waals surface area contributed by atoms with E-state index in [4.69, 9.17) is 26.6 Å². The normalized spacial score (nSPS) is 8.07. The Hall–Kier alpha value is -1.75. The van der Waals surface area contributed by atoms with Crippen molar-refractivity contribution in [2.45, 2.75) is 0 Å². The zero-order chi connectivity index (χ0) is 11.0. The van der Waals surface area contributed by atoms with E-state index < -0.39 is 11.6 Å². The molecule has 0 unspecified atom stereocenters. The first-order chi connectivity index (χ1) is 6.52. The monoisotopic (exact) mass is 218 g/mol. The van der Waals surface area contributed by atoms with Crippen molar-refractivity contribution in [2.24, 2.45) is 0 Å². The molecule has 76 valence electrons. The molecular weight excluding hydrogens is 212 g/mol. The molecule has 0 saturated carbocycles. The van der Waals surface area contributed by atoms with Gasteiger partial charge in [0.1, 0.15) is 5.75 Å². The van der Waals surface area contributed by atoms with Crippen LogP contribution in [0, 0.1) is 0 Å². The maximum absolute atomic E-state index is 10.2. The number of rotatable bonds is 1. The Balaban J connectivity index is 0.000000364. The molecule has 6 heteroatoms. The summed E-state index contributed by atoms with van der Waals surface area (Å²) in [5.74, 6) is 0.461. The Morgan fingerprint density at radius 1 is 1.14 bits per heavy atom. The SMILES string of the molecule is O=C(Cl)Oc1ccccc1.O=C(O)O. The van der Waals surface area contributed by atoms with Gasteiger partial charge in [0.2, 0.25) is 0 Å². The van der Waals surface area contributed by atoms with Crippen molar-refractivity contribution in [1.29, 1.82) is 0 Å². The zero-order valence-electron chi connectivity index (χ0n) is 6.88. The van der Waals surface area contributed by atoms with Gasteiger partial charge in [-0.3, -0.25) is 0 Å². The van der Waals surface area contributed by atoms with Crippen LogP contribution in [0.3, 0.4) is 0 Å². The van der Waals surface area contributed by atoms with E-state index in [0.29, 0.717) is 5.75 Å². The molecule has 0 amide bonds. The first kappa shape index (κ1) is 12.2. The second-order valence-electron chi connectivity index (χ2n) is 1.94. The quantitative estimate of drug-likeness (QED) is 0.708. The second kappa shape index (κ2) is 6.73. The molecule has 1 rings (SSSR count). The Kier molecular flexibility index (Phi) is 5.89. The van der Waals surface area contributed by atoms with Gasteiger partial charge in [-0.05, 0) is 12.1 Å². The fraction of sp³-hybridized carbons (Fsp3) is 0. The van der Waals surface area contributed by atoms with Gasteiger partial charge in [-0.2, -0.15) is 0 Å². The lowest BCUT2D eigenvalue weighted by Gasteiger charge is -1.95. The van der Waals surface area contributed by atoms with Gasteiger partial charge >= 0.3 is 11.6 Å². The summed E-state index contributed by atoms with van der Waals surface area (Å²) >= 11 is 4.95. The summed E-state index contributed by atoms with van der Waals surface area (Å²) in [7, 11) is 0.